The lowest BCUT2D eigenvalue weighted by atomic mass is 10.5. The molecular formula is C7H6BrN3O2S. The fourth-order valence-electron chi connectivity index (χ4n) is 0.607. The van der Waals surface area contributed by atoms with Crippen molar-refractivity contribution < 1.29 is 9.59 Å². The minimum absolute atomic E-state index is 0.849. The van der Waals surface area contributed by atoms with E-state index < -0.39 is 11.8 Å². The van der Waals surface area contributed by atoms with Crippen molar-refractivity contribution in [3.8, 4) is 0 Å². The number of halogens is 1. The first-order chi connectivity index (χ1) is 6.59. The number of hydrogen-bond acceptors (Lipinski definition) is 4. The van der Waals surface area contributed by atoms with Crippen LogP contribution in [0.25, 0.3) is 0 Å². The summed E-state index contributed by atoms with van der Waals surface area (Å²) in [6.07, 6.45) is 1.43. The lowest BCUT2D eigenvalue weighted by Crippen LogP contribution is -2.32. The van der Waals surface area contributed by atoms with E-state index in [9.17, 15) is 9.59 Å². The second-order valence-electron chi connectivity index (χ2n) is 2.21. The van der Waals surface area contributed by atoms with Gasteiger partial charge in [-0.2, -0.15) is 5.10 Å². The Hall–Kier alpha value is -1.21. The minimum atomic E-state index is -1.06. The molecule has 0 radical (unpaired) electrons. The first-order valence-electron chi connectivity index (χ1n) is 3.48. The van der Waals surface area contributed by atoms with E-state index in [-0.39, 0.29) is 0 Å². The standard InChI is InChI=1S/C7H6BrN3O2S/c8-5-2-1-4(14-5)3-10-11-7(13)6(9)12/h1-3H,(H2,9,12)(H,11,13). The molecule has 0 unspecified atom stereocenters. The molecule has 1 aromatic rings. The lowest BCUT2D eigenvalue weighted by molar-refractivity contribution is -0.137. The third-order valence-electron chi connectivity index (χ3n) is 1.18. The molecule has 0 aliphatic heterocycles. The molecule has 1 heterocycles. The number of nitrogens with zero attached hydrogens (tertiary/aromatic N) is 1. The summed E-state index contributed by atoms with van der Waals surface area (Å²) in [7, 11) is 0. The molecular weight excluding hydrogens is 270 g/mol. The van der Waals surface area contributed by atoms with Crippen LogP contribution in [-0.2, 0) is 9.59 Å². The molecule has 5 nitrogen and oxygen atoms in total. The van der Waals surface area contributed by atoms with Crippen molar-refractivity contribution in [3.63, 3.8) is 0 Å². The fraction of sp³-hybridized carbons (Fsp3) is 0. The Bertz CT molecular complexity index is 388. The van der Waals surface area contributed by atoms with Crippen LogP contribution in [0.15, 0.2) is 21.0 Å². The zero-order chi connectivity index (χ0) is 10.6. The molecule has 1 rings (SSSR count). The number of hydrazone groups is 1. The monoisotopic (exact) mass is 275 g/mol. The summed E-state index contributed by atoms with van der Waals surface area (Å²) < 4.78 is 0.958. The highest BCUT2D eigenvalue weighted by atomic mass is 79.9. The number of hydrogen-bond donors (Lipinski definition) is 2. The van der Waals surface area contributed by atoms with Crippen LogP contribution in [0.4, 0.5) is 0 Å². The average Bonchev–Trinajstić information content (AvgIpc) is 2.51. The van der Waals surface area contributed by atoms with Gasteiger partial charge in [-0.05, 0) is 28.1 Å². The highest BCUT2D eigenvalue weighted by molar-refractivity contribution is 9.11. The zero-order valence-electron chi connectivity index (χ0n) is 6.86. The second-order valence-corrected chi connectivity index (χ2v) is 4.70. The van der Waals surface area contributed by atoms with Crippen LogP contribution in [0.5, 0.6) is 0 Å². The summed E-state index contributed by atoms with van der Waals surface area (Å²) in [5.74, 6) is -1.99. The number of carbonyl (C=O) groups is 2. The Balaban J connectivity index is 2.49. The van der Waals surface area contributed by atoms with Crippen LogP contribution in [0, 0.1) is 0 Å². The SMILES string of the molecule is NC(=O)C(=O)NN=Cc1ccc(Br)s1. The van der Waals surface area contributed by atoms with Crippen LogP contribution in [0.3, 0.4) is 0 Å². The summed E-state index contributed by atoms with van der Waals surface area (Å²) >= 11 is 4.72. The summed E-state index contributed by atoms with van der Waals surface area (Å²) in [6.45, 7) is 0. The Kier molecular flexibility index (Phi) is 3.78. The van der Waals surface area contributed by atoms with Crippen LogP contribution < -0.4 is 11.2 Å². The number of rotatable bonds is 2. The molecule has 0 aromatic carbocycles. The first kappa shape index (κ1) is 10.9. The van der Waals surface area contributed by atoms with Gasteiger partial charge in [-0.1, -0.05) is 0 Å². The molecule has 7 heteroatoms. The Morgan fingerprint density at radius 3 is 2.79 bits per heavy atom. The Morgan fingerprint density at radius 2 is 2.29 bits per heavy atom. The van der Waals surface area contributed by atoms with Crippen LogP contribution >= 0.6 is 27.3 Å². The van der Waals surface area contributed by atoms with Gasteiger partial charge >= 0.3 is 11.8 Å². The van der Waals surface area contributed by atoms with Crippen molar-refractivity contribution in [1.29, 1.82) is 0 Å². The average molecular weight is 276 g/mol. The molecule has 0 saturated heterocycles. The molecule has 74 valence electrons. The maximum atomic E-state index is 10.6. The molecule has 0 saturated carbocycles. The maximum absolute atomic E-state index is 10.6. The summed E-state index contributed by atoms with van der Waals surface area (Å²) in [5, 5.41) is 3.54. The molecule has 0 atom stereocenters. The zero-order valence-corrected chi connectivity index (χ0v) is 9.26. The van der Waals surface area contributed by atoms with Crippen molar-refractivity contribution in [2.45, 2.75) is 0 Å². The van der Waals surface area contributed by atoms with E-state index in [2.05, 4.69) is 26.8 Å². The van der Waals surface area contributed by atoms with Gasteiger partial charge in [-0.15, -0.1) is 11.3 Å². The molecule has 0 aliphatic carbocycles. The molecule has 14 heavy (non-hydrogen) atoms. The third kappa shape index (κ3) is 3.27. The molecule has 1 aromatic heterocycles. The van der Waals surface area contributed by atoms with E-state index in [4.69, 9.17) is 0 Å². The van der Waals surface area contributed by atoms with E-state index >= 15 is 0 Å². The highest BCUT2D eigenvalue weighted by Crippen LogP contribution is 2.20. The van der Waals surface area contributed by atoms with E-state index in [1.54, 1.807) is 0 Å². The fourth-order valence-corrected chi connectivity index (χ4v) is 1.90. The van der Waals surface area contributed by atoms with Crippen LogP contribution in [0.2, 0.25) is 0 Å². The van der Waals surface area contributed by atoms with Crippen molar-refractivity contribution in [2.24, 2.45) is 10.8 Å². The number of amides is 2. The van der Waals surface area contributed by atoms with Gasteiger partial charge in [-0.3, -0.25) is 9.59 Å². The van der Waals surface area contributed by atoms with Crippen molar-refractivity contribution in [1.82, 2.24) is 5.43 Å². The largest absolute Gasteiger partial charge is 0.361 e. The van der Waals surface area contributed by atoms with Crippen LogP contribution in [0.1, 0.15) is 4.88 Å². The van der Waals surface area contributed by atoms with Crippen molar-refractivity contribution >= 4 is 45.3 Å². The number of thiophene rings is 1. The van der Waals surface area contributed by atoms with Gasteiger partial charge in [0, 0.05) is 4.88 Å². The van der Waals surface area contributed by atoms with Crippen LogP contribution in [-0.4, -0.2) is 18.0 Å². The third-order valence-corrected chi connectivity index (χ3v) is 2.73. The Morgan fingerprint density at radius 1 is 1.57 bits per heavy atom. The number of nitrogens with one attached hydrogen (secondary N) is 1. The first-order valence-corrected chi connectivity index (χ1v) is 5.08. The van der Waals surface area contributed by atoms with Gasteiger partial charge in [0.2, 0.25) is 0 Å². The van der Waals surface area contributed by atoms with Crippen molar-refractivity contribution in [3.05, 3.63) is 20.8 Å². The lowest BCUT2D eigenvalue weighted by Gasteiger charge is -1.91. The van der Waals surface area contributed by atoms with Gasteiger partial charge in [-0.25, -0.2) is 5.43 Å². The smallest absolute Gasteiger partial charge is 0.329 e. The normalized spacial score (nSPS) is 10.4. The van der Waals surface area contributed by atoms with Gasteiger partial charge in [0.15, 0.2) is 0 Å². The summed E-state index contributed by atoms with van der Waals surface area (Å²) in [4.78, 5) is 21.8. The molecule has 2 amide bonds. The van der Waals surface area contributed by atoms with E-state index in [0.29, 0.717) is 0 Å². The van der Waals surface area contributed by atoms with Gasteiger partial charge < -0.3 is 5.73 Å². The second kappa shape index (κ2) is 4.87. The van der Waals surface area contributed by atoms with E-state index in [1.807, 2.05) is 17.6 Å². The molecule has 0 bridgehead atoms. The predicted octanol–water partition coefficient (Wildman–Crippen LogP) is 0.446. The number of nitrogens with two attached hydrogens (primary N) is 1. The quantitative estimate of drug-likeness (QED) is 0.467. The summed E-state index contributed by atoms with van der Waals surface area (Å²) in [5.41, 5.74) is 6.68. The maximum Gasteiger partial charge on any atom is 0.329 e. The number of primary amides is 1. The van der Waals surface area contributed by atoms with E-state index in [1.165, 1.54) is 17.6 Å². The predicted molar refractivity (Wildman–Crippen MR) is 57.0 cm³/mol. The van der Waals surface area contributed by atoms with E-state index in [0.717, 1.165) is 8.66 Å². The molecule has 0 aliphatic rings. The molecule has 0 fully saturated rings. The van der Waals surface area contributed by atoms with Gasteiger partial charge in [0.05, 0.1) is 10.0 Å². The van der Waals surface area contributed by atoms with Gasteiger partial charge in [0.25, 0.3) is 0 Å². The Labute approximate surface area is 92.1 Å². The highest BCUT2D eigenvalue weighted by Gasteiger charge is 2.05. The van der Waals surface area contributed by atoms with Gasteiger partial charge in [0.1, 0.15) is 0 Å². The molecule has 3 N–H and O–H groups in total. The minimum Gasteiger partial charge on any atom is -0.361 e. The molecule has 0 spiro atoms. The number of carbonyl (C=O) groups excluding carboxylic acids is 2. The van der Waals surface area contributed by atoms with Crippen molar-refractivity contribution in [2.75, 3.05) is 0 Å². The topological polar surface area (TPSA) is 84.5 Å². The summed E-state index contributed by atoms with van der Waals surface area (Å²) in [6, 6.07) is 3.66.